The molecule has 4 heteroatoms. The van der Waals surface area contributed by atoms with Gasteiger partial charge >= 0.3 is 232 Å². The topological polar surface area (TPSA) is 27.7 Å². The predicted molar refractivity (Wildman–Crippen MR) is 151 cm³/mol. The minimum atomic E-state index is -3.31. The molecule has 0 amide bonds. The van der Waals surface area contributed by atoms with Crippen molar-refractivity contribution < 1.29 is 18.6 Å². The second-order valence-corrected chi connectivity index (χ2v) is 11.3. The minimum absolute atomic E-state index is 0.293. The van der Waals surface area contributed by atoms with Gasteiger partial charge in [0.25, 0.3) is 0 Å². The maximum absolute atomic E-state index is 15.9. The fourth-order valence-corrected chi connectivity index (χ4v) is 8.20. The Morgan fingerprint density at radius 1 is 0.946 bits per heavy atom. The van der Waals surface area contributed by atoms with Crippen LogP contribution in [0, 0.1) is 24.1 Å². The van der Waals surface area contributed by atoms with E-state index in [2.05, 4.69) is 12.1 Å². The van der Waals surface area contributed by atoms with Gasteiger partial charge in [0.1, 0.15) is 0 Å². The number of pyridine rings is 1. The van der Waals surface area contributed by atoms with Gasteiger partial charge < -0.3 is 0 Å². The standard InChI is InChI=1S/C33H26FN2Se/c1-19(2)27-18-36(4)29(16-28(27)34)30-20(3)9-13-25-26-14-12-24(17-35)31(33(26)37-32(25)30)23-11-10-21-7-5-6-8-22(21)15-23/h5-16,18-19H,1-4H3/q+1/i1D3,2D3,19D. The van der Waals surface area contributed by atoms with E-state index >= 15 is 4.39 Å². The Kier molecular flexibility index (Phi) is 4.09. The van der Waals surface area contributed by atoms with Crippen molar-refractivity contribution in [3.05, 3.63) is 102 Å². The summed E-state index contributed by atoms with van der Waals surface area (Å²) in [5.74, 6) is -4.22. The van der Waals surface area contributed by atoms with Gasteiger partial charge in [-0.05, 0) is 0 Å². The van der Waals surface area contributed by atoms with Gasteiger partial charge in [-0.1, -0.05) is 0 Å². The normalized spacial score (nSPS) is 15.4. The molecule has 0 saturated heterocycles. The van der Waals surface area contributed by atoms with Crippen molar-refractivity contribution in [2.75, 3.05) is 0 Å². The monoisotopic (exact) mass is 556 g/mol. The molecule has 180 valence electrons. The summed E-state index contributed by atoms with van der Waals surface area (Å²) in [6.07, 6.45) is 1.12. The van der Waals surface area contributed by atoms with Crippen molar-refractivity contribution in [3.8, 4) is 28.5 Å². The van der Waals surface area contributed by atoms with Crippen molar-refractivity contribution in [2.24, 2.45) is 7.05 Å². The summed E-state index contributed by atoms with van der Waals surface area (Å²) < 4.78 is 74.9. The Bertz CT molecular complexity index is 2160. The zero-order valence-corrected chi connectivity index (χ0v) is 21.9. The van der Waals surface area contributed by atoms with Crippen molar-refractivity contribution in [1.82, 2.24) is 0 Å². The first-order chi connectivity index (χ1) is 20.7. The van der Waals surface area contributed by atoms with Gasteiger partial charge in [0.05, 0.1) is 0 Å². The fourth-order valence-electron chi connectivity index (χ4n) is 5.10. The third-order valence-corrected chi connectivity index (χ3v) is 9.56. The number of hydrogen-bond acceptors (Lipinski definition) is 1. The van der Waals surface area contributed by atoms with Crippen LogP contribution >= 0.6 is 0 Å². The molecule has 2 heterocycles. The summed E-state index contributed by atoms with van der Waals surface area (Å²) in [7, 11) is 1.60. The summed E-state index contributed by atoms with van der Waals surface area (Å²) in [6, 6.07) is 25.5. The van der Waals surface area contributed by atoms with Crippen LogP contribution in [0.25, 0.3) is 52.4 Å². The molecule has 0 unspecified atom stereocenters. The van der Waals surface area contributed by atoms with E-state index < -0.39 is 31.0 Å². The third kappa shape index (κ3) is 3.78. The first kappa shape index (κ1) is 16.9. The fraction of sp³-hybridized carbons (Fsp3) is 0.152. The number of benzene rings is 4. The number of hydrogen-bond donors (Lipinski definition) is 0. The first-order valence-electron chi connectivity index (χ1n) is 15.3. The summed E-state index contributed by atoms with van der Waals surface area (Å²) in [6.45, 7) is -4.70. The molecule has 0 aliphatic carbocycles. The Morgan fingerprint density at radius 3 is 2.43 bits per heavy atom. The summed E-state index contributed by atoms with van der Waals surface area (Å²) in [4.78, 5) is 0. The second-order valence-electron chi connectivity index (χ2n) is 9.18. The van der Waals surface area contributed by atoms with Crippen LogP contribution in [0.15, 0.2) is 79.0 Å². The van der Waals surface area contributed by atoms with Gasteiger partial charge in [-0.25, -0.2) is 0 Å². The molecular weight excluding hydrogens is 522 g/mol. The number of nitrogens with zero attached hydrogens (tertiary/aromatic N) is 2. The van der Waals surface area contributed by atoms with Crippen LogP contribution in [0.2, 0.25) is 0 Å². The van der Waals surface area contributed by atoms with E-state index in [9.17, 15) is 5.26 Å². The van der Waals surface area contributed by atoms with Crippen LogP contribution in [0.1, 0.15) is 45.9 Å². The molecule has 0 aliphatic rings. The molecule has 0 atom stereocenters. The first-order valence-corrected chi connectivity index (χ1v) is 13.5. The van der Waals surface area contributed by atoms with Crippen LogP contribution < -0.4 is 4.57 Å². The molecule has 6 rings (SSSR count). The van der Waals surface area contributed by atoms with E-state index in [1.54, 1.807) is 7.05 Å². The van der Waals surface area contributed by atoms with E-state index in [-0.39, 0.29) is 14.5 Å². The molecule has 0 spiro atoms. The van der Waals surface area contributed by atoms with Crippen molar-refractivity contribution in [3.63, 3.8) is 0 Å². The molecule has 0 N–H and O–H groups in total. The molecule has 37 heavy (non-hydrogen) atoms. The Labute approximate surface area is 231 Å². The van der Waals surface area contributed by atoms with E-state index in [0.29, 0.717) is 11.3 Å². The van der Waals surface area contributed by atoms with E-state index in [1.807, 2.05) is 67.6 Å². The van der Waals surface area contributed by atoms with Gasteiger partial charge in [-0.3, -0.25) is 0 Å². The number of aromatic nitrogens is 1. The average molecular weight is 556 g/mol. The van der Waals surface area contributed by atoms with Crippen LogP contribution in [0.4, 0.5) is 4.39 Å². The number of rotatable bonds is 3. The summed E-state index contributed by atoms with van der Waals surface area (Å²) in [5, 5.41) is 14.2. The molecule has 0 bridgehead atoms. The Balaban J connectivity index is 1.63. The zero-order chi connectivity index (χ0) is 31.8. The van der Waals surface area contributed by atoms with Crippen LogP contribution in [-0.4, -0.2) is 14.5 Å². The Morgan fingerprint density at radius 2 is 1.68 bits per heavy atom. The SMILES string of the molecule is [2H]C([2H])([2H])C([2H])(c1c[n+](C)c(-c2c(C)ccc3c2[se]c2c(-c4ccc5ccccc5c4)c(C#N)ccc23)cc1F)C([2H])([2H])[2H]. The molecular formula is C33H26FN2Se+. The van der Waals surface area contributed by atoms with Gasteiger partial charge in [0.15, 0.2) is 0 Å². The molecule has 4 aromatic carbocycles. The van der Waals surface area contributed by atoms with Crippen LogP contribution in [0.5, 0.6) is 0 Å². The number of fused-ring (bicyclic) bond motifs is 4. The summed E-state index contributed by atoms with van der Waals surface area (Å²) in [5.41, 5.74) is 3.71. The van der Waals surface area contributed by atoms with Crippen LogP contribution in [0.3, 0.4) is 0 Å². The third-order valence-electron chi connectivity index (χ3n) is 6.93. The number of nitriles is 1. The van der Waals surface area contributed by atoms with Gasteiger partial charge in [0, 0.05) is 0 Å². The van der Waals surface area contributed by atoms with Crippen molar-refractivity contribution >= 4 is 44.6 Å². The molecule has 0 saturated carbocycles. The van der Waals surface area contributed by atoms with Crippen LogP contribution in [-0.2, 0) is 7.05 Å². The number of aryl methyl sites for hydroxylation is 2. The van der Waals surface area contributed by atoms with Gasteiger partial charge in [0.2, 0.25) is 0 Å². The predicted octanol–water partition coefficient (Wildman–Crippen LogP) is 7.80. The second kappa shape index (κ2) is 8.96. The molecule has 0 radical (unpaired) electrons. The molecule has 2 nitrogen and oxygen atoms in total. The maximum atomic E-state index is 15.9. The molecule has 2 aromatic heterocycles. The molecule has 0 aliphatic heterocycles. The van der Waals surface area contributed by atoms with E-state index in [1.165, 1.54) is 4.57 Å². The zero-order valence-electron chi connectivity index (χ0n) is 27.2. The van der Waals surface area contributed by atoms with Crippen molar-refractivity contribution in [2.45, 2.75) is 26.5 Å². The number of halogens is 1. The Hall–Kier alpha value is -3.77. The van der Waals surface area contributed by atoms with Gasteiger partial charge in [-0.2, -0.15) is 0 Å². The average Bonchev–Trinajstić information content (AvgIpc) is 3.34. The van der Waals surface area contributed by atoms with Gasteiger partial charge in [-0.15, -0.1) is 0 Å². The van der Waals surface area contributed by atoms with Crippen molar-refractivity contribution in [1.29, 1.82) is 5.26 Å². The summed E-state index contributed by atoms with van der Waals surface area (Å²) >= 11 is -0.293. The molecule has 6 aromatic rings. The van der Waals surface area contributed by atoms with E-state index in [0.717, 1.165) is 64.6 Å². The van der Waals surface area contributed by atoms with E-state index in [4.69, 9.17) is 9.60 Å². The quantitative estimate of drug-likeness (QED) is 0.162. The molecule has 0 fully saturated rings.